The summed E-state index contributed by atoms with van der Waals surface area (Å²) in [5.41, 5.74) is 2.90. The van der Waals surface area contributed by atoms with Crippen LogP contribution in [-0.2, 0) is 15.0 Å². The van der Waals surface area contributed by atoms with Crippen LogP contribution in [0.4, 0.5) is 0 Å². The summed E-state index contributed by atoms with van der Waals surface area (Å²) in [7, 11) is 0. The first-order chi connectivity index (χ1) is 11.4. The number of piperidine rings is 1. The lowest BCUT2D eigenvalue weighted by Crippen LogP contribution is -2.43. The molecule has 0 saturated carbocycles. The van der Waals surface area contributed by atoms with E-state index >= 15 is 0 Å². The van der Waals surface area contributed by atoms with E-state index in [1.54, 1.807) is 6.92 Å². The van der Waals surface area contributed by atoms with Crippen molar-refractivity contribution >= 4 is 11.8 Å². The van der Waals surface area contributed by atoms with Crippen LogP contribution in [0.15, 0.2) is 24.3 Å². The Hall–Kier alpha value is -1.84. The Balaban J connectivity index is 1.79. The molecule has 1 fully saturated rings. The second-order valence-corrected chi connectivity index (χ2v) is 7.70. The lowest BCUT2D eigenvalue weighted by molar-refractivity contribution is -0.130. The number of fused-ring (bicyclic) bond motifs is 2. The van der Waals surface area contributed by atoms with Gasteiger partial charge in [-0.25, -0.2) is 0 Å². The molecule has 3 rings (SSSR count). The van der Waals surface area contributed by atoms with Crippen LogP contribution in [0.25, 0.3) is 0 Å². The fourth-order valence-electron chi connectivity index (χ4n) is 4.54. The Morgan fingerprint density at radius 3 is 2.54 bits per heavy atom. The van der Waals surface area contributed by atoms with Gasteiger partial charge in [-0.3, -0.25) is 9.59 Å². The van der Waals surface area contributed by atoms with Gasteiger partial charge in [0, 0.05) is 32.5 Å². The Labute approximate surface area is 144 Å². The van der Waals surface area contributed by atoms with Gasteiger partial charge in [-0.2, -0.15) is 0 Å². The van der Waals surface area contributed by atoms with E-state index in [0.29, 0.717) is 12.3 Å². The minimum absolute atomic E-state index is 0.142. The number of amides is 2. The zero-order chi connectivity index (χ0) is 17.3. The molecular formula is C20H28N2O2. The average Bonchev–Trinajstić information content (AvgIpc) is 2.81. The van der Waals surface area contributed by atoms with Crippen LogP contribution in [-0.4, -0.2) is 35.8 Å². The second-order valence-electron chi connectivity index (χ2n) is 7.70. The topological polar surface area (TPSA) is 49.4 Å². The quantitative estimate of drug-likeness (QED) is 0.927. The van der Waals surface area contributed by atoms with Crippen molar-refractivity contribution in [3.63, 3.8) is 0 Å². The Bertz CT molecular complexity index is 630. The molecule has 0 bridgehead atoms. The summed E-state index contributed by atoms with van der Waals surface area (Å²) >= 11 is 0. The van der Waals surface area contributed by atoms with E-state index in [2.05, 4.69) is 29.6 Å². The van der Waals surface area contributed by atoms with Gasteiger partial charge in [0.2, 0.25) is 11.8 Å². The van der Waals surface area contributed by atoms with Crippen LogP contribution in [0.1, 0.15) is 63.5 Å². The number of likely N-dealkylation sites (tertiary alicyclic amines) is 1. The summed E-state index contributed by atoms with van der Waals surface area (Å²) < 4.78 is 0. The van der Waals surface area contributed by atoms with Gasteiger partial charge < -0.3 is 10.2 Å². The van der Waals surface area contributed by atoms with Crippen molar-refractivity contribution in [2.45, 2.75) is 63.8 Å². The molecule has 1 spiro atoms. The summed E-state index contributed by atoms with van der Waals surface area (Å²) in [6, 6.07) is 8.79. The molecule has 1 aliphatic carbocycles. The van der Waals surface area contributed by atoms with E-state index in [9.17, 15) is 9.59 Å². The molecule has 1 N–H and O–H groups in total. The van der Waals surface area contributed by atoms with E-state index in [0.717, 1.165) is 32.4 Å². The molecule has 1 saturated heterocycles. The van der Waals surface area contributed by atoms with Gasteiger partial charge in [-0.05, 0) is 55.6 Å². The van der Waals surface area contributed by atoms with Gasteiger partial charge >= 0.3 is 0 Å². The molecular weight excluding hydrogens is 300 g/mol. The van der Waals surface area contributed by atoms with Crippen molar-refractivity contribution in [3.05, 3.63) is 35.4 Å². The van der Waals surface area contributed by atoms with Crippen LogP contribution < -0.4 is 5.32 Å². The summed E-state index contributed by atoms with van der Waals surface area (Å²) in [5, 5.41) is 3.02. The Morgan fingerprint density at radius 2 is 1.92 bits per heavy atom. The number of carbonyl (C=O) groups is 2. The summed E-state index contributed by atoms with van der Waals surface area (Å²) in [4.78, 5) is 25.9. The zero-order valence-electron chi connectivity index (χ0n) is 15.0. The molecule has 1 aliphatic heterocycles. The van der Waals surface area contributed by atoms with Crippen LogP contribution in [0, 0.1) is 0 Å². The monoisotopic (exact) mass is 328 g/mol. The van der Waals surface area contributed by atoms with Crippen LogP contribution in [0.5, 0.6) is 0 Å². The standard InChI is InChI=1S/C20H28N2O2/c1-14(2)21-19(24)12-16-13-20(18-7-5-4-6-17(16)18)8-10-22(11-9-20)15(3)23/h4-7,14,16H,8-13H2,1-3H3,(H,21,24)/t16-/m1/s1. The molecule has 0 unspecified atom stereocenters. The fraction of sp³-hybridized carbons (Fsp3) is 0.600. The van der Waals surface area contributed by atoms with Crippen molar-refractivity contribution in [2.24, 2.45) is 0 Å². The zero-order valence-corrected chi connectivity index (χ0v) is 15.0. The highest BCUT2D eigenvalue weighted by Gasteiger charge is 2.45. The predicted octanol–water partition coefficient (Wildman–Crippen LogP) is 2.97. The van der Waals surface area contributed by atoms with Crippen molar-refractivity contribution in [1.29, 1.82) is 0 Å². The minimum atomic E-state index is 0.142. The Morgan fingerprint density at radius 1 is 1.25 bits per heavy atom. The number of hydrogen-bond acceptors (Lipinski definition) is 2. The largest absolute Gasteiger partial charge is 0.354 e. The Kier molecular flexibility index (Phi) is 4.66. The molecule has 1 heterocycles. The van der Waals surface area contributed by atoms with E-state index in [4.69, 9.17) is 0 Å². The number of rotatable bonds is 3. The van der Waals surface area contributed by atoms with Gasteiger partial charge in [0.25, 0.3) is 0 Å². The first-order valence-electron chi connectivity index (χ1n) is 9.05. The molecule has 1 aromatic rings. The van der Waals surface area contributed by atoms with Crippen molar-refractivity contribution in [3.8, 4) is 0 Å². The molecule has 4 nitrogen and oxygen atoms in total. The minimum Gasteiger partial charge on any atom is -0.354 e. The van der Waals surface area contributed by atoms with Crippen LogP contribution in [0.3, 0.4) is 0 Å². The highest BCUT2D eigenvalue weighted by molar-refractivity contribution is 5.77. The van der Waals surface area contributed by atoms with Gasteiger partial charge in [0.15, 0.2) is 0 Å². The second kappa shape index (κ2) is 6.58. The highest BCUT2D eigenvalue weighted by Crippen LogP contribution is 2.52. The molecule has 130 valence electrons. The summed E-state index contributed by atoms with van der Waals surface area (Å²) in [6.07, 6.45) is 3.61. The third-order valence-electron chi connectivity index (χ3n) is 5.66. The molecule has 2 amide bonds. The van der Waals surface area contributed by atoms with E-state index in [1.165, 1.54) is 11.1 Å². The van der Waals surface area contributed by atoms with E-state index in [-0.39, 0.29) is 23.3 Å². The number of benzene rings is 1. The van der Waals surface area contributed by atoms with E-state index in [1.807, 2.05) is 18.7 Å². The van der Waals surface area contributed by atoms with Crippen LogP contribution >= 0.6 is 0 Å². The maximum Gasteiger partial charge on any atom is 0.220 e. The third kappa shape index (κ3) is 3.19. The maximum atomic E-state index is 12.3. The average molecular weight is 328 g/mol. The molecule has 1 atom stereocenters. The third-order valence-corrected chi connectivity index (χ3v) is 5.66. The summed E-state index contributed by atoms with van der Waals surface area (Å²) in [5.74, 6) is 0.607. The number of hydrogen-bond donors (Lipinski definition) is 1. The maximum absolute atomic E-state index is 12.3. The number of nitrogens with one attached hydrogen (secondary N) is 1. The highest BCUT2D eigenvalue weighted by atomic mass is 16.2. The van der Waals surface area contributed by atoms with Gasteiger partial charge in [-0.1, -0.05) is 24.3 Å². The number of carbonyl (C=O) groups excluding carboxylic acids is 2. The molecule has 0 radical (unpaired) electrons. The lowest BCUT2D eigenvalue weighted by atomic mass is 9.73. The lowest BCUT2D eigenvalue weighted by Gasteiger charge is -2.40. The summed E-state index contributed by atoms with van der Waals surface area (Å²) in [6.45, 7) is 7.31. The van der Waals surface area contributed by atoms with Crippen LogP contribution in [0.2, 0.25) is 0 Å². The van der Waals surface area contributed by atoms with Gasteiger partial charge in [0.05, 0.1) is 0 Å². The molecule has 4 heteroatoms. The normalized spacial score (nSPS) is 21.8. The van der Waals surface area contributed by atoms with Gasteiger partial charge in [0.1, 0.15) is 0 Å². The van der Waals surface area contributed by atoms with Gasteiger partial charge in [-0.15, -0.1) is 0 Å². The first-order valence-corrected chi connectivity index (χ1v) is 9.05. The molecule has 0 aromatic heterocycles. The van der Waals surface area contributed by atoms with Crippen molar-refractivity contribution in [1.82, 2.24) is 10.2 Å². The molecule has 2 aliphatic rings. The molecule has 24 heavy (non-hydrogen) atoms. The fourth-order valence-corrected chi connectivity index (χ4v) is 4.54. The van der Waals surface area contributed by atoms with E-state index < -0.39 is 0 Å². The van der Waals surface area contributed by atoms with Crippen molar-refractivity contribution in [2.75, 3.05) is 13.1 Å². The number of nitrogens with zero attached hydrogens (tertiary/aromatic N) is 1. The first kappa shape index (κ1) is 17.0. The van der Waals surface area contributed by atoms with Crippen molar-refractivity contribution < 1.29 is 9.59 Å². The SMILES string of the molecule is CC(=O)N1CCC2(CC1)C[C@@H](CC(=O)NC(C)C)c1ccccc12. The predicted molar refractivity (Wildman–Crippen MR) is 94.9 cm³/mol. The molecule has 1 aromatic carbocycles. The smallest absolute Gasteiger partial charge is 0.220 e.